The van der Waals surface area contributed by atoms with E-state index in [1.807, 2.05) is 12.1 Å². The summed E-state index contributed by atoms with van der Waals surface area (Å²) in [5, 5.41) is 2.83. The van der Waals surface area contributed by atoms with Gasteiger partial charge in [-0.3, -0.25) is 13.9 Å². The summed E-state index contributed by atoms with van der Waals surface area (Å²) in [6.45, 7) is 1.06. The van der Waals surface area contributed by atoms with Crippen molar-refractivity contribution >= 4 is 33.1 Å². The van der Waals surface area contributed by atoms with E-state index < -0.39 is 15.9 Å². The summed E-state index contributed by atoms with van der Waals surface area (Å²) in [4.78, 5) is 24.5. The predicted molar refractivity (Wildman–Crippen MR) is 133 cm³/mol. The molecule has 4 aliphatic rings. The van der Waals surface area contributed by atoms with Crippen LogP contribution in [0.2, 0.25) is 0 Å². The fourth-order valence-electron chi connectivity index (χ4n) is 6.87. The van der Waals surface area contributed by atoms with Gasteiger partial charge in [-0.2, -0.15) is 0 Å². The second-order valence-electron chi connectivity index (χ2n) is 10.5. The van der Waals surface area contributed by atoms with Crippen LogP contribution in [0.4, 0.5) is 11.4 Å². The number of carbonyl (C=O) groups is 2. The molecule has 4 saturated carbocycles. The molecule has 34 heavy (non-hydrogen) atoms. The molecule has 0 aromatic heterocycles. The lowest BCUT2D eigenvalue weighted by Gasteiger charge is -2.54. The SMILES string of the molecule is CC(=O)c1cccc(N(CC(=O)Nc2ccc(C3C4CC5CC(C4)CC3C5)cc2)S(C)(=O)=O)c1. The number of Topliss-reactive ketones (excluding diaryl/α,β-unsaturated/α-hetero) is 1. The van der Waals surface area contributed by atoms with Gasteiger partial charge in [0.05, 0.1) is 11.9 Å². The van der Waals surface area contributed by atoms with Gasteiger partial charge in [-0.05, 0) is 98.4 Å². The van der Waals surface area contributed by atoms with Crippen LogP contribution in [0, 0.1) is 23.7 Å². The molecule has 7 heteroatoms. The van der Waals surface area contributed by atoms with E-state index in [1.54, 1.807) is 18.2 Å². The maximum absolute atomic E-state index is 12.8. The minimum Gasteiger partial charge on any atom is -0.325 e. The van der Waals surface area contributed by atoms with Crippen LogP contribution in [0.1, 0.15) is 60.9 Å². The van der Waals surface area contributed by atoms with Crippen LogP contribution < -0.4 is 9.62 Å². The van der Waals surface area contributed by atoms with Crippen LogP contribution in [0.15, 0.2) is 48.5 Å². The minimum atomic E-state index is -3.72. The fraction of sp³-hybridized carbons (Fsp3) is 0.481. The molecule has 4 aliphatic carbocycles. The molecule has 6 nitrogen and oxygen atoms in total. The zero-order chi connectivity index (χ0) is 24.0. The number of benzene rings is 2. The highest BCUT2D eigenvalue weighted by Gasteiger charge is 2.48. The molecule has 0 heterocycles. The number of rotatable bonds is 7. The Balaban J connectivity index is 1.27. The third-order valence-electron chi connectivity index (χ3n) is 8.03. The van der Waals surface area contributed by atoms with Crippen molar-refractivity contribution in [3.05, 3.63) is 59.7 Å². The zero-order valence-corrected chi connectivity index (χ0v) is 20.6. The molecule has 6 rings (SSSR count). The number of sulfonamides is 1. The predicted octanol–water partition coefficient (Wildman–Crippen LogP) is 4.83. The van der Waals surface area contributed by atoms with E-state index in [9.17, 15) is 18.0 Å². The number of ketones is 1. The van der Waals surface area contributed by atoms with Crippen molar-refractivity contribution in [3.63, 3.8) is 0 Å². The van der Waals surface area contributed by atoms with E-state index in [1.165, 1.54) is 50.7 Å². The van der Waals surface area contributed by atoms with Crippen molar-refractivity contribution in [1.29, 1.82) is 0 Å². The normalized spacial score (nSPS) is 27.4. The van der Waals surface area contributed by atoms with Crippen molar-refractivity contribution in [2.75, 3.05) is 22.4 Å². The van der Waals surface area contributed by atoms with Crippen molar-refractivity contribution in [3.8, 4) is 0 Å². The van der Waals surface area contributed by atoms with Gasteiger partial charge in [-0.25, -0.2) is 8.42 Å². The molecule has 180 valence electrons. The molecule has 0 unspecified atom stereocenters. The molecule has 0 saturated heterocycles. The van der Waals surface area contributed by atoms with Crippen LogP contribution in [-0.4, -0.2) is 32.9 Å². The highest BCUT2D eigenvalue weighted by molar-refractivity contribution is 7.92. The van der Waals surface area contributed by atoms with Gasteiger partial charge in [0.1, 0.15) is 6.54 Å². The lowest BCUT2D eigenvalue weighted by Crippen LogP contribution is -2.43. The number of hydrogen-bond donors (Lipinski definition) is 1. The van der Waals surface area contributed by atoms with Crippen LogP contribution in [-0.2, 0) is 14.8 Å². The Hall–Kier alpha value is -2.67. The number of anilines is 2. The van der Waals surface area contributed by atoms with Gasteiger partial charge in [0.25, 0.3) is 0 Å². The van der Waals surface area contributed by atoms with E-state index in [0.29, 0.717) is 22.9 Å². The van der Waals surface area contributed by atoms with Crippen molar-refractivity contribution in [2.45, 2.75) is 44.9 Å². The zero-order valence-electron chi connectivity index (χ0n) is 19.7. The molecular weight excluding hydrogens is 448 g/mol. The molecular formula is C27H32N2O4S. The van der Waals surface area contributed by atoms with Crippen LogP contribution in [0.5, 0.6) is 0 Å². The fourth-order valence-corrected chi connectivity index (χ4v) is 7.72. The highest BCUT2D eigenvalue weighted by Crippen LogP contribution is 2.59. The molecule has 2 aromatic rings. The van der Waals surface area contributed by atoms with E-state index in [4.69, 9.17) is 0 Å². The molecule has 0 aliphatic heterocycles. The first-order chi connectivity index (χ1) is 16.2. The summed E-state index contributed by atoms with van der Waals surface area (Å²) < 4.78 is 25.8. The van der Waals surface area contributed by atoms with Crippen molar-refractivity contribution in [2.24, 2.45) is 23.7 Å². The quantitative estimate of drug-likeness (QED) is 0.575. The molecule has 1 amide bonds. The van der Waals surface area contributed by atoms with Gasteiger partial charge in [0.2, 0.25) is 15.9 Å². The van der Waals surface area contributed by atoms with E-state index in [0.717, 1.165) is 34.2 Å². The van der Waals surface area contributed by atoms with Crippen LogP contribution in [0.3, 0.4) is 0 Å². The maximum atomic E-state index is 12.8. The summed E-state index contributed by atoms with van der Waals surface area (Å²) in [6.07, 6.45) is 7.95. The Labute approximate surface area is 201 Å². The maximum Gasteiger partial charge on any atom is 0.245 e. The Morgan fingerprint density at radius 3 is 2.12 bits per heavy atom. The first-order valence-corrected chi connectivity index (χ1v) is 14.0. The molecule has 0 radical (unpaired) electrons. The highest BCUT2D eigenvalue weighted by atomic mass is 32.2. The summed E-state index contributed by atoms with van der Waals surface area (Å²) in [6, 6.07) is 14.4. The number of hydrogen-bond acceptors (Lipinski definition) is 4. The Bertz CT molecular complexity index is 1180. The third-order valence-corrected chi connectivity index (χ3v) is 9.17. The summed E-state index contributed by atoms with van der Waals surface area (Å²) in [5.74, 6) is 3.50. The van der Waals surface area contributed by atoms with Gasteiger partial charge < -0.3 is 5.32 Å². The molecule has 0 spiro atoms. The van der Waals surface area contributed by atoms with E-state index >= 15 is 0 Å². The Kier molecular flexibility index (Phi) is 6.00. The lowest BCUT2D eigenvalue weighted by molar-refractivity contribution is -0.114. The van der Waals surface area contributed by atoms with Gasteiger partial charge in [-0.1, -0.05) is 24.3 Å². The standard InChI is InChI=1S/C27H32N2O4S/c1-17(30)21-4-3-5-25(15-21)29(34(2,32)33)16-26(31)28-24-8-6-20(7-9-24)27-22-11-18-10-19(13-22)14-23(27)12-18/h3-9,15,18-19,22-23,27H,10-14,16H2,1-2H3,(H,28,31). The number of amides is 1. The monoisotopic (exact) mass is 480 g/mol. The average molecular weight is 481 g/mol. The molecule has 0 atom stereocenters. The van der Waals surface area contributed by atoms with Crippen molar-refractivity contribution < 1.29 is 18.0 Å². The molecule has 1 N–H and O–H groups in total. The average Bonchev–Trinajstić information content (AvgIpc) is 2.77. The summed E-state index contributed by atoms with van der Waals surface area (Å²) >= 11 is 0. The largest absolute Gasteiger partial charge is 0.325 e. The van der Waals surface area contributed by atoms with Crippen LogP contribution in [0.25, 0.3) is 0 Å². The minimum absolute atomic E-state index is 0.168. The number of carbonyl (C=O) groups excluding carboxylic acids is 2. The Morgan fingerprint density at radius 2 is 1.56 bits per heavy atom. The first-order valence-electron chi connectivity index (χ1n) is 12.2. The molecule has 2 aromatic carbocycles. The topological polar surface area (TPSA) is 83.6 Å². The second kappa shape index (κ2) is 8.84. The Morgan fingerprint density at radius 1 is 0.941 bits per heavy atom. The van der Waals surface area contributed by atoms with Gasteiger partial charge in [0.15, 0.2) is 5.78 Å². The molecule has 4 bridgehead atoms. The van der Waals surface area contributed by atoms with Crippen molar-refractivity contribution in [1.82, 2.24) is 0 Å². The van der Waals surface area contributed by atoms with Gasteiger partial charge >= 0.3 is 0 Å². The smallest absolute Gasteiger partial charge is 0.245 e. The van der Waals surface area contributed by atoms with E-state index in [2.05, 4.69) is 17.4 Å². The number of nitrogens with zero attached hydrogens (tertiary/aromatic N) is 1. The molecule has 4 fully saturated rings. The summed E-state index contributed by atoms with van der Waals surface area (Å²) in [7, 11) is -3.72. The van der Waals surface area contributed by atoms with Gasteiger partial charge in [-0.15, -0.1) is 0 Å². The third kappa shape index (κ3) is 4.63. The van der Waals surface area contributed by atoms with E-state index in [-0.39, 0.29) is 12.3 Å². The van der Waals surface area contributed by atoms with Crippen LogP contribution >= 0.6 is 0 Å². The number of nitrogens with one attached hydrogen (secondary N) is 1. The summed E-state index contributed by atoms with van der Waals surface area (Å²) in [5.41, 5.74) is 2.71. The first kappa shape index (κ1) is 23.1. The lowest BCUT2D eigenvalue weighted by atomic mass is 9.51. The second-order valence-corrected chi connectivity index (χ2v) is 12.4. The van der Waals surface area contributed by atoms with Gasteiger partial charge in [0, 0.05) is 11.3 Å².